The predicted octanol–water partition coefficient (Wildman–Crippen LogP) is 0.938. The number of amides is 2. The average molecular weight is 300 g/mol. The van der Waals surface area contributed by atoms with E-state index in [0.717, 1.165) is 0 Å². The minimum absolute atomic E-state index is 0.103. The molecule has 0 spiro atoms. The molecule has 7 nitrogen and oxygen atoms in total. The SMILES string of the molecule is COC(=O)C1CCN(C(=O)NCC(CC(C)C)C(=O)O)C1. The summed E-state index contributed by atoms with van der Waals surface area (Å²) < 4.78 is 4.66. The van der Waals surface area contributed by atoms with Crippen molar-refractivity contribution in [1.82, 2.24) is 10.2 Å². The first-order valence-electron chi connectivity index (χ1n) is 7.18. The maximum absolute atomic E-state index is 12.0. The topological polar surface area (TPSA) is 95.9 Å². The Labute approximate surface area is 124 Å². The fraction of sp³-hybridized carbons (Fsp3) is 0.786. The van der Waals surface area contributed by atoms with Crippen molar-refractivity contribution < 1.29 is 24.2 Å². The number of carbonyl (C=O) groups excluding carboxylic acids is 2. The van der Waals surface area contributed by atoms with Gasteiger partial charge in [0.1, 0.15) is 0 Å². The summed E-state index contributed by atoms with van der Waals surface area (Å²) in [4.78, 5) is 36.0. The Bertz CT molecular complexity index is 397. The Morgan fingerprint density at radius 2 is 2.05 bits per heavy atom. The second kappa shape index (κ2) is 7.85. The van der Waals surface area contributed by atoms with E-state index >= 15 is 0 Å². The monoisotopic (exact) mass is 300 g/mol. The molecule has 0 saturated carbocycles. The number of hydrogen-bond donors (Lipinski definition) is 2. The number of esters is 1. The summed E-state index contributed by atoms with van der Waals surface area (Å²) >= 11 is 0. The molecular formula is C14H24N2O5. The van der Waals surface area contributed by atoms with Crippen LogP contribution in [0.3, 0.4) is 0 Å². The molecule has 1 rings (SSSR count). The zero-order valence-electron chi connectivity index (χ0n) is 12.8. The minimum atomic E-state index is -0.905. The number of aliphatic carboxylic acids is 1. The van der Waals surface area contributed by atoms with Gasteiger partial charge < -0.3 is 20.1 Å². The van der Waals surface area contributed by atoms with Gasteiger partial charge in [-0.25, -0.2) is 4.79 Å². The van der Waals surface area contributed by atoms with Crippen LogP contribution in [0.5, 0.6) is 0 Å². The number of methoxy groups -OCH3 is 1. The largest absolute Gasteiger partial charge is 0.481 e. The molecule has 0 aromatic carbocycles. The van der Waals surface area contributed by atoms with Crippen LogP contribution in [0.2, 0.25) is 0 Å². The molecule has 120 valence electrons. The number of carboxylic acid groups (broad SMARTS) is 1. The van der Waals surface area contributed by atoms with Crippen LogP contribution in [0.15, 0.2) is 0 Å². The van der Waals surface area contributed by atoms with Crippen molar-refractivity contribution in [1.29, 1.82) is 0 Å². The quantitative estimate of drug-likeness (QED) is 0.712. The first-order valence-corrected chi connectivity index (χ1v) is 7.18. The number of carboxylic acids is 1. The predicted molar refractivity (Wildman–Crippen MR) is 75.7 cm³/mol. The molecule has 1 fully saturated rings. The van der Waals surface area contributed by atoms with Crippen molar-refractivity contribution in [2.45, 2.75) is 26.7 Å². The smallest absolute Gasteiger partial charge is 0.317 e. The van der Waals surface area contributed by atoms with Crippen LogP contribution in [-0.2, 0) is 14.3 Å². The van der Waals surface area contributed by atoms with Gasteiger partial charge in [0.25, 0.3) is 0 Å². The Morgan fingerprint density at radius 3 is 2.57 bits per heavy atom. The van der Waals surface area contributed by atoms with Crippen molar-refractivity contribution >= 4 is 18.0 Å². The lowest BCUT2D eigenvalue weighted by molar-refractivity contribution is -0.145. The van der Waals surface area contributed by atoms with Crippen LogP contribution in [0.4, 0.5) is 4.79 Å². The Morgan fingerprint density at radius 1 is 1.38 bits per heavy atom. The van der Waals surface area contributed by atoms with Crippen LogP contribution in [0, 0.1) is 17.8 Å². The molecule has 2 amide bonds. The number of ether oxygens (including phenoxy) is 1. The van der Waals surface area contributed by atoms with Gasteiger partial charge in [-0.15, -0.1) is 0 Å². The molecule has 2 N–H and O–H groups in total. The highest BCUT2D eigenvalue weighted by Gasteiger charge is 2.32. The third kappa shape index (κ3) is 5.24. The summed E-state index contributed by atoms with van der Waals surface area (Å²) in [6.07, 6.45) is 1.09. The van der Waals surface area contributed by atoms with Crippen LogP contribution in [0.1, 0.15) is 26.7 Å². The lowest BCUT2D eigenvalue weighted by Gasteiger charge is -2.20. The maximum atomic E-state index is 12.0. The highest BCUT2D eigenvalue weighted by atomic mass is 16.5. The molecule has 21 heavy (non-hydrogen) atoms. The van der Waals surface area contributed by atoms with Crippen molar-refractivity contribution in [3.05, 3.63) is 0 Å². The molecule has 1 aliphatic rings. The van der Waals surface area contributed by atoms with Gasteiger partial charge in [0.05, 0.1) is 18.9 Å². The van der Waals surface area contributed by atoms with E-state index in [2.05, 4.69) is 10.1 Å². The lowest BCUT2D eigenvalue weighted by Crippen LogP contribution is -2.42. The Kier molecular flexibility index (Phi) is 6.45. The van der Waals surface area contributed by atoms with Gasteiger partial charge in [0.15, 0.2) is 0 Å². The minimum Gasteiger partial charge on any atom is -0.481 e. The van der Waals surface area contributed by atoms with Gasteiger partial charge in [0.2, 0.25) is 0 Å². The van der Waals surface area contributed by atoms with Gasteiger partial charge >= 0.3 is 18.0 Å². The average Bonchev–Trinajstić information content (AvgIpc) is 2.91. The van der Waals surface area contributed by atoms with E-state index in [9.17, 15) is 14.4 Å². The van der Waals surface area contributed by atoms with Crippen LogP contribution in [-0.4, -0.2) is 54.7 Å². The molecule has 2 unspecified atom stereocenters. The molecule has 7 heteroatoms. The normalized spacial score (nSPS) is 19.4. The van der Waals surface area contributed by atoms with Gasteiger partial charge in [-0.05, 0) is 18.8 Å². The second-order valence-corrected chi connectivity index (χ2v) is 5.81. The number of nitrogens with zero attached hydrogens (tertiary/aromatic N) is 1. The molecular weight excluding hydrogens is 276 g/mol. The Hall–Kier alpha value is -1.79. The highest BCUT2D eigenvalue weighted by Crippen LogP contribution is 2.17. The van der Waals surface area contributed by atoms with E-state index < -0.39 is 11.9 Å². The third-order valence-corrected chi connectivity index (χ3v) is 3.61. The molecule has 1 aliphatic heterocycles. The van der Waals surface area contributed by atoms with Crippen molar-refractivity contribution in [2.24, 2.45) is 17.8 Å². The van der Waals surface area contributed by atoms with Crippen molar-refractivity contribution in [3.8, 4) is 0 Å². The zero-order valence-corrected chi connectivity index (χ0v) is 12.8. The highest BCUT2D eigenvalue weighted by molar-refractivity contribution is 5.78. The van der Waals surface area contributed by atoms with Crippen LogP contribution >= 0.6 is 0 Å². The molecule has 1 heterocycles. The van der Waals surface area contributed by atoms with Crippen LogP contribution < -0.4 is 5.32 Å². The van der Waals surface area contributed by atoms with Crippen LogP contribution in [0.25, 0.3) is 0 Å². The number of hydrogen-bond acceptors (Lipinski definition) is 4. The first kappa shape index (κ1) is 17.3. The Balaban J connectivity index is 2.43. The van der Waals surface area contributed by atoms with E-state index in [1.54, 1.807) is 0 Å². The summed E-state index contributed by atoms with van der Waals surface area (Å²) in [7, 11) is 1.33. The van der Waals surface area contributed by atoms with E-state index in [1.807, 2.05) is 13.8 Å². The third-order valence-electron chi connectivity index (χ3n) is 3.61. The zero-order chi connectivity index (χ0) is 16.0. The number of nitrogens with one attached hydrogen (secondary N) is 1. The molecule has 0 aromatic rings. The van der Waals surface area contributed by atoms with Crippen molar-refractivity contribution in [2.75, 3.05) is 26.7 Å². The summed E-state index contributed by atoms with van der Waals surface area (Å²) in [6, 6.07) is -0.323. The van der Waals surface area contributed by atoms with E-state index in [4.69, 9.17) is 5.11 Å². The van der Waals surface area contributed by atoms with E-state index in [0.29, 0.717) is 25.9 Å². The number of likely N-dealkylation sites (tertiary alicyclic amines) is 1. The van der Waals surface area contributed by atoms with Gasteiger partial charge in [0, 0.05) is 19.6 Å². The fourth-order valence-electron chi connectivity index (χ4n) is 2.47. The van der Waals surface area contributed by atoms with Gasteiger partial charge in [-0.1, -0.05) is 13.8 Å². The van der Waals surface area contributed by atoms with Gasteiger partial charge in [-0.3, -0.25) is 9.59 Å². The summed E-state index contributed by atoms with van der Waals surface area (Å²) in [5.41, 5.74) is 0. The van der Waals surface area contributed by atoms with E-state index in [-0.39, 0.29) is 30.4 Å². The lowest BCUT2D eigenvalue weighted by atomic mass is 9.97. The molecule has 0 radical (unpaired) electrons. The fourth-order valence-corrected chi connectivity index (χ4v) is 2.47. The molecule has 0 aliphatic carbocycles. The first-order chi connectivity index (χ1) is 9.85. The molecule has 1 saturated heterocycles. The second-order valence-electron chi connectivity index (χ2n) is 5.81. The number of rotatable bonds is 6. The molecule has 2 atom stereocenters. The number of carbonyl (C=O) groups is 3. The molecule has 0 aromatic heterocycles. The summed E-state index contributed by atoms with van der Waals surface area (Å²) in [5.74, 6) is -1.84. The van der Waals surface area contributed by atoms with Gasteiger partial charge in [-0.2, -0.15) is 0 Å². The van der Waals surface area contributed by atoms with Crippen molar-refractivity contribution in [3.63, 3.8) is 0 Å². The van der Waals surface area contributed by atoms with E-state index in [1.165, 1.54) is 12.0 Å². The number of urea groups is 1. The standard InChI is InChI=1S/C14H24N2O5/c1-9(2)6-11(12(17)18)7-15-14(20)16-5-4-10(8-16)13(19)21-3/h9-11H,4-8H2,1-3H3,(H,15,20)(H,17,18). The molecule has 0 bridgehead atoms. The summed E-state index contributed by atoms with van der Waals surface area (Å²) in [5, 5.41) is 11.8. The maximum Gasteiger partial charge on any atom is 0.317 e. The summed E-state index contributed by atoms with van der Waals surface area (Å²) in [6.45, 7) is 4.79.